The third-order valence-electron chi connectivity index (χ3n) is 5.09. The smallest absolute Gasteiger partial charge is 0.226 e. The monoisotopic (exact) mass is 383 g/mol. The number of thiophene rings is 1. The predicted molar refractivity (Wildman–Crippen MR) is 106 cm³/mol. The Morgan fingerprint density at radius 1 is 1.33 bits per heavy atom. The molecule has 1 saturated heterocycles. The molecule has 1 N–H and O–H groups in total. The van der Waals surface area contributed by atoms with Gasteiger partial charge in [0.15, 0.2) is 11.4 Å². The number of anilines is 1. The molecule has 140 valence electrons. The lowest BCUT2D eigenvalue weighted by atomic mass is 9.90. The molecule has 0 spiro atoms. The van der Waals surface area contributed by atoms with Crippen molar-refractivity contribution in [2.75, 3.05) is 25.5 Å². The van der Waals surface area contributed by atoms with Gasteiger partial charge in [0.1, 0.15) is 5.00 Å². The molecule has 0 radical (unpaired) electrons. The minimum Gasteiger partial charge on any atom is -0.374 e. The van der Waals surface area contributed by atoms with Crippen LogP contribution in [0, 0.1) is 6.92 Å². The minimum atomic E-state index is -1.56. The molecule has 3 heterocycles. The third-order valence-corrected chi connectivity index (χ3v) is 6.03. The largest absolute Gasteiger partial charge is 0.374 e. The number of Topliss-reactive ketones (excluding diaryl/α,β-unsaturated/α-hetero) is 1. The predicted octanol–water partition coefficient (Wildman–Crippen LogP) is 2.55. The molecule has 0 bridgehead atoms. The molecule has 1 aromatic heterocycles. The van der Waals surface area contributed by atoms with Crippen LogP contribution in [-0.4, -0.2) is 53.8 Å². The number of benzene rings is 1. The summed E-state index contributed by atoms with van der Waals surface area (Å²) in [4.78, 5) is 33.8. The second-order valence-corrected chi connectivity index (χ2v) is 8.47. The van der Waals surface area contributed by atoms with Crippen LogP contribution < -0.4 is 4.90 Å². The van der Waals surface area contributed by atoms with Crippen LogP contribution in [0.15, 0.2) is 35.3 Å². The summed E-state index contributed by atoms with van der Waals surface area (Å²) < 4.78 is 0. The number of carbonyl (C=O) groups is 2. The number of aliphatic imine (C=N–C) groups is 1. The van der Waals surface area contributed by atoms with E-state index in [0.717, 1.165) is 16.1 Å². The van der Waals surface area contributed by atoms with Gasteiger partial charge < -0.3 is 14.9 Å². The van der Waals surface area contributed by atoms with Gasteiger partial charge in [-0.2, -0.15) is 0 Å². The first-order valence-corrected chi connectivity index (χ1v) is 9.64. The quantitative estimate of drug-likeness (QED) is 0.884. The van der Waals surface area contributed by atoms with Crippen molar-refractivity contribution in [3.63, 3.8) is 0 Å². The van der Waals surface area contributed by atoms with Crippen molar-refractivity contribution in [1.29, 1.82) is 0 Å². The Kier molecular flexibility index (Phi) is 4.16. The average molecular weight is 383 g/mol. The Labute approximate surface area is 161 Å². The van der Waals surface area contributed by atoms with Crippen molar-refractivity contribution in [3.05, 3.63) is 46.3 Å². The van der Waals surface area contributed by atoms with Crippen molar-refractivity contribution in [1.82, 2.24) is 4.90 Å². The molecule has 7 heteroatoms. The van der Waals surface area contributed by atoms with Crippen molar-refractivity contribution >= 4 is 39.6 Å². The van der Waals surface area contributed by atoms with E-state index in [1.54, 1.807) is 25.1 Å². The molecule has 2 aromatic rings. The number of nitrogens with zero attached hydrogens (tertiary/aromatic N) is 3. The van der Waals surface area contributed by atoms with Gasteiger partial charge in [-0.05, 0) is 30.7 Å². The number of aliphatic hydroxyl groups is 1. The lowest BCUT2D eigenvalue weighted by Crippen LogP contribution is -2.48. The maximum Gasteiger partial charge on any atom is 0.226 e. The van der Waals surface area contributed by atoms with E-state index in [4.69, 9.17) is 0 Å². The third kappa shape index (κ3) is 2.87. The summed E-state index contributed by atoms with van der Waals surface area (Å²) in [6.07, 6.45) is 0.661. The molecular weight excluding hydrogens is 362 g/mol. The van der Waals surface area contributed by atoms with Gasteiger partial charge in [0, 0.05) is 37.6 Å². The normalized spacial score (nSPS) is 21.0. The van der Waals surface area contributed by atoms with Gasteiger partial charge in [0.25, 0.3) is 0 Å². The van der Waals surface area contributed by atoms with E-state index in [1.165, 1.54) is 11.3 Å². The molecule has 0 saturated carbocycles. The maximum atomic E-state index is 12.9. The van der Waals surface area contributed by atoms with E-state index in [2.05, 4.69) is 4.99 Å². The zero-order chi connectivity index (χ0) is 19.3. The van der Waals surface area contributed by atoms with Gasteiger partial charge in [-0.25, -0.2) is 4.99 Å². The number of hydrogen-bond acceptors (Lipinski definition) is 6. The molecule has 0 aliphatic carbocycles. The molecule has 1 unspecified atom stereocenters. The number of likely N-dealkylation sites (N-methyl/N-ethyl adjacent to an activating group) is 1. The first-order chi connectivity index (χ1) is 12.8. The number of hydrogen-bond donors (Lipinski definition) is 1. The van der Waals surface area contributed by atoms with Crippen molar-refractivity contribution in [2.45, 2.75) is 25.4 Å². The molecule has 1 amide bonds. The number of ketones is 1. The van der Waals surface area contributed by atoms with Crippen molar-refractivity contribution in [3.8, 4) is 0 Å². The number of rotatable bonds is 3. The van der Waals surface area contributed by atoms with Gasteiger partial charge in [-0.1, -0.05) is 12.1 Å². The molecule has 2 aliphatic rings. The van der Waals surface area contributed by atoms with Crippen LogP contribution >= 0.6 is 11.3 Å². The Bertz CT molecular complexity index is 961. The summed E-state index contributed by atoms with van der Waals surface area (Å²) in [5.74, 6) is 0.183. The fraction of sp³-hybridized carbons (Fsp3) is 0.350. The van der Waals surface area contributed by atoms with E-state index in [9.17, 15) is 14.7 Å². The van der Waals surface area contributed by atoms with E-state index >= 15 is 0 Å². The Balaban J connectivity index is 1.65. The molecule has 1 atom stereocenters. The summed E-state index contributed by atoms with van der Waals surface area (Å²) in [6, 6.07) is 9.43. The van der Waals surface area contributed by atoms with Crippen LogP contribution in [0.5, 0.6) is 0 Å². The number of aryl methyl sites for hydroxylation is 1. The number of fused-ring (bicyclic) bond motifs is 2. The second-order valence-electron chi connectivity index (χ2n) is 7.23. The summed E-state index contributed by atoms with van der Waals surface area (Å²) in [5.41, 5.74) is 0.739. The van der Waals surface area contributed by atoms with E-state index in [1.807, 2.05) is 36.1 Å². The maximum absolute atomic E-state index is 12.9. The highest BCUT2D eigenvalue weighted by molar-refractivity contribution is 7.16. The van der Waals surface area contributed by atoms with E-state index in [-0.39, 0.29) is 11.7 Å². The van der Waals surface area contributed by atoms with Crippen molar-refractivity contribution in [2.24, 2.45) is 4.99 Å². The second kappa shape index (κ2) is 6.28. The van der Waals surface area contributed by atoms with Gasteiger partial charge in [-0.15, -0.1) is 11.3 Å². The lowest BCUT2D eigenvalue weighted by molar-refractivity contribution is -0.127. The first-order valence-electron chi connectivity index (χ1n) is 8.83. The van der Waals surface area contributed by atoms with E-state index in [0.29, 0.717) is 35.8 Å². The zero-order valence-electron chi connectivity index (χ0n) is 15.5. The van der Waals surface area contributed by atoms with Gasteiger partial charge in [0.05, 0.1) is 12.0 Å². The summed E-state index contributed by atoms with van der Waals surface area (Å²) in [5, 5.41) is 11.7. The number of amidine groups is 1. The van der Waals surface area contributed by atoms with Crippen LogP contribution in [0.4, 0.5) is 10.7 Å². The van der Waals surface area contributed by atoms with Crippen molar-refractivity contribution < 1.29 is 14.7 Å². The van der Waals surface area contributed by atoms with Gasteiger partial charge >= 0.3 is 0 Å². The first kappa shape index (κ1) is 17.9. The summed E-state index contributed by atoms with van der Waals surface area (Å²) in [7, 11) is 3.47. The molecule has 6 nitrogen and oxygen atoms in total. The Morgan fingerprint density at radius 3 is 2.70 bits per heavy atom. The topological polar surface area (TPSA) is 73.2 Å². The highest BCUT2D eigenvalue weighted by Crippen LogP contribution is 2.43. The van der Waals surface area contributed by atoms with Crippen LogP contribution in [0.3, 0.4) is 0 Å². The standard InChI is InChI=1S/C20H21N3O3S/c1-12-10-15-17(25)20(26)8-9-23(19(20)21-18(15)27-12)14-6-4-13(5-7-14)11-16(24)22(2)3/h4-7,10,26H,8-9,11H2,1-3H3. The Hall–Kier alpha value is -2.51. The highest BCUT2D eigenvalue weighted by Gasteiger charge is 2.52. The van der Waals surface area contributed by atoms with Crippen LogP contribution in [-0.2, 0) is 11.2 Å². The summed E-state index contributed by atoms with van der Waals surface area (Å²) in [6.45, 7) is 2.45. The minimum absolute atomic E-state index is 0.0427. The Morgan fingerprint density at radius 2 is 2.04 bits per heavy atom. The molecular formula is C20H21N3O3S. The molecule has 1 fully saturated rings. The fourth-order valence-corrected chi connectivity index (χ4v) is 4.40. The summed E-state index contributed by atoms with van der Waals surface area (Å²) >= 11 is 1.46. The van der Waals surface area contributed by atoms with Gasteiger partial charge in [0.2, 0.25) is 11.7 Å². The number of carbonyl (C=O) groups excluding carboxylic acids is 2. The lowest BCUT2D eigenvalue weighted by Gasteiger charge is -2.28. The van der Waals surface area contributed by atoms with Crippen LogP contribution in [0.1, 0.15) is 27.2 Å². The molecule has 2 aliphatic heterocycles. The number of amides is 1. The highest BCUT2D eigenvalue weighted by atomic mass is 32.1. The molecule has 1 aromatic carbocycles. The van der Waals surface area contributed by atoms with Crippen LogP contribution in [0.25, 0.3) is 0 Å². The van der Waals surface area contributed by atoms with E-state index < -0.39 is 5.60 Å². The van der Waals surface area contributed by atoms with Crippen LogP contribution in [0.2, 0.25) is 0 Å². The fourth-order valence-electron chi connectivity index (χ4n) is 3.53. The zero-order valence-corrected chi connectivity index (χ0v) is 16.3. The molecule has 27 heavy (non-hydrogen) atoms. The SMILES string of the molecule is Cc1cc2c(s1)N=C1N(c3ccc(CC(=O)N(C)C)cc3)CCC1(O)C2=O. The van der Waals surface area contributed by atoms with Gasteiger partial charge in [-0.3, -0.25) is 9.59 Å². The average Bonchev–Trinajstić information content (AvgIpc) is 3.17. The molecule has 4 rings (SSSR count).